The number of hydrogen-bond donors (Lipinski definition) is 1. The lowest BCUT2D eigenvalue weighted by Gasteiger charge is -2.31. The Morgan fingerprint density at radius 2 is 1.70 bits per heavy atom. The lowest BCUT2D eigenvalue weighted by atomic mass is 10.1. The fourth-order valence-corrected chi connectivity index (χ4v) is 4.32. The SMILES string of the molecule is CCCCNC(=O)[C@H](C)N(Cc1ccccc1Cl)C(=O)CN(c1ccc(Cl)cc1)S(C)(=O)=O. The highest BCUT2D eigenvalue weighted by atomic mass is 35.5. The molecule has 2 aromatic carbocycles. The molecular formula is C23H29Cl2N3O4S. The third-order valence-corrected chi connectivity index (χ3v) is 6.85. The Morgan fingerprint density at radius 1 is 1.06 bits per heavy atom. The van der Waals surface area contributed by atoms with Gasteiger partial charge in [-0.1, -0.05) is 54.7 Å². The first-order chi connectivity index (χ1) is 15.5. The number of anilines is 1. The summed E-state index contributed by atoms with van der Waals surface area (Å²) in [7, 11) is -3.79. The predicted molar refractivity (Wildman–Crippen MR) is 133 cm³/mol. The molecule has 0 heterocycles. The molecule has 0 aromatic heterocycles. The van der Waals surface area contributed by atoms with Crippen LogP contribution in [0.3, 0.4) is 0 Å². The fourth-order valence-electron chi connectivity index (χ4n) is 3.15. The molecule has 2 rings (SSSR count). The first-order valence-electron chi connectivity index (χ1n) is 10.6. The molecule has 0 saturated heterocycles. The summed E-state index contributed by atoms with van der Waals surface area (Å²) in [6.07, 6.45) is 2.75. The van der Waals surface area contributed by atoms with E-state index in [1.807, 2.05) is 6.92 Å². The Kier molecular flexibility index (Phi) is 10.0. The lowest BCUT2D eigenvalue weighted by molar-refractivity contribution is -0.139. The Bertz CT molecular complexity index is 1060. The number of carbonyl (C=O) groups excluding carboxylic acids is 2. The average molecular weight is 514 g/mol. The van der Waals surface area contributed by atoms with Gasteiger partial charge in [-0.05, 0) is 49.2 Å². The third-order valence-electron chi connectivity index (χ3n) is 5.09. The van der Waals surface area contributed by atoms with Gasteiger partial charge in [-0.15, -0.1) is 0 Å². The molecule has 0 aliphatic rings. The van der Waals surface area contributed by atoms with Gasteiger partial charge in [0.2, 0.25) is 21.8 Å². The molecular weight excluding hydrogens is 485 g/mol. The van der Waals surface area contributed by atoms with Crippen LogP contribution in [0.5, 0.6) is 0 Å². The molecule has 0 fully saturated rings. The zero-order chi connectivity index (χ0) is 24.6. The third kappa shape index (κ3) is 7.91. The molecule has 0 saturated carbocycles. The molecule has 1 N–H and O–H groups in total. The van der Waals surface area contributed by atoms with E-state index in [-0.39, 0.29) is 12.5 Å². The first kappa shape index (κ1) is 27.0. The van der Waals surface area contributed by atoms with Crippen LogP contribution in [0.15, 0.2) is 48.5 Å². The number of amides is 2. The van der Waals surface area contributed by atoms with Gasteiger partial charge < -0.3 is 10.2 Å². The van der Waals surface area contributed by atoms with Gasteiger partial charge in [0.05, 0.1) is 11.9 Å². The summed E-state index contributed by atoms with van der Waals surface area (Å²) in [5.41, 5.74) is 0.950. The van der Waals surface area contributed by atoms with Crippen molar-refractivity contribution in [1.82, 2.24) is 10.2 Å². The van der Waals surface area contributed by atoms with Gasteiger partial charge in [-0.2, -0.15) is 0 Å². The van der Waals surface area contributed by atoms with Gasteiger partial charge >= 0.3 is 0 Å². The van der Waals surface area contributed by atoms with E-state index in [0.29, 0.717) is 27.8 Å². The zero-order valence-electron chi connectivity index (χ0n) is 18.9. The number of rotatable bonds is 11. The first-order valence-corrected chi connectivity index (χ1v) is 13.2. The molecule has 2 amide bonds. The number of sulfonamides is 1. The van der Waals surface area contributed by atoms with Crippen LogP contribution in [0.2, 0.25) is 10.0 Å². The van der Waals surface area contributed by atoms with Crippen molar-refractivity contribution in [2.24, 2.45) is 0 Å². The van der Waals surface area contributed by atoms with Crippen molar-refractivity contribution in [2.45, 2.75) is 39.3 Å². The zero-order valence-corrected chi connectivity index (χ0v) is 21.3. The molecule has 0 unspecified atom stereocenters. The molecule has 0 radical (unpaired) electrons. The van der Waals surface area contributed by atoms with E-state index in [1.54, 1.807) is 43.3 Å². The molecule has 0 aliphatic carbocycles. The summed E-state index contributed by atoms with van der Waals surface area (Å²) >= 11 is 12.2. The summed E-state index contributed by atoms with van der Waals surface area (Å²) in [4.78, 5) is 27.5. The minimum Gasteiger partial charge on any atom is -0.354 e. The Balaban J connectivity index is 2.35. The smallest absolute Gasteiger partial charge is 0.244 e. The summed E-state index contributed by atoms with van der Waals surface area (Å²) < 4.78 is 26.0. The number of nitrogens with zero attached hydrogens (tertiary/aromatic N) is 2. The van der Waals surface area contributed by atoms with Crippen LogP contribution in [0.25, 0.3) is 0 Å². The van der Waals surface area contributed by atoms with E-state index in [1.165, 1.54) is 17.0 Å². The van der Waals surface area contributed by atoms with E-state index >= 15 is 0 Å². The molecule has 2 aromatic rings. The number of carbonyl (C=O) groups is 2. The topological polar surface area (TPSA) is 86.8 Å². The van der Waals surface area contributed by atoms with Gasteiger partial charge in [0.1, 0.15) is 12.6 Å². The quantitative estimate of drug-likeness (QED) is 0.458. The highest BCUT2D eigenvalue weighted by Gasteiger charge is 2.30. The van der Waals surface area contributed by atoms with Crippen LogP contribution >= 0.6 is 23.2 Å². The van der Waals surface area contributed by atoms with Crippen LogP contribution < -0.4 is 9.62 Å². The van der Waals surface area contributed by atoms with E-state index in [4.69, 9.17) is 23.2 Å². The van der Waals surface area contributed by atoms with Gasteiger partial charge in [0, 0.05) is 23.1 Å². The van der Waals surface area contributed by atoms with Crippen molar-refractivity contribution in [2.75, 3.05) is 23.7 Å². The number of halogens is 2. The Labute approximate surface area is 205 Å². The van der Waals surface area contributed by atoms with Crippen LogP contribution in [-0.4, -0.2) is 50.5 Å². The van der Waals surface area contributed by atoms with Crippen molar-refractivity contribution in [1.29, 1.82) is 0 Å². The van der Waals surface area contributed by atoms with E-state index in [2.05, 4.69) is 5.32 Å². The predicted octanol–water partition coefficient (Wildman–Crippen LogP) is 4.09. The maximum atomic E-state index is 13.4. The molecule has 0 bridgehead atoms. The van der Waals surface area contributed by atoms with Gasteiger partial charge in [-0.3, -0.25) is 13.9 Å². The normalized spacial score (nSPS) is 12.2. The maximum absolute atomic E-state index is 13.4. The van der Waals surface area contributed by atoms with Crippen molar-refractivity contribution < 1.29 is 18.0 Å². The second kappa shape index (κ2) is 12.3. The monoisotopic (exact) mass is 513 g/mol. The van der Waals surface area contributed by atoms with Gasteiger partial charge in [0.25, 0.3) is 0 Å². The number of hydrogen-bond acceptors (Lipinski definition) is 4. The maximum Gasteiger partial charge on any atom is 0.244 e. The van der Waals surface area contributed by atoms with E-state index in [0.717, 1.165) is 23.4 Å². The highest BCUT2D eigenvalue weighted by Crippen LogP contribution is 2.22. The van der Waals surface area contributed by atoms with Crippen molar-refractivity contribution in [3.8, 4) is 0 Å². The van der Waals surface area contributed by atoms with E-state index in [9.17, 15) is 18.0 Å². The molecule has 0 aliphatic heterocycles. The summed E-state index contributed by atoms with van der Waals surface area (Å²) in [6, 6.07) is 12.3. The largest absolute Gasteiger partial charge is 0.354 e. The molecule has 0 spiro atoms. The number of nitrogens with one attached hydrogen (secondary N) is 1. The standard InChI is InChI=1S/C23H29Cl2N3O4S/c1-4-5-14-26-23(30)17(2)27(15-18-8-6-7-9-21(18)25)22(29)16-28(33(3,31)32)20-12-10-19(24)11-13-20/h6-13,17H,4-5,14-16H2,1-3H3,(H,26,30)/t17-/m0/s1. The second-order valence-electron chi connectivity index (χ2n) is 7.68. The molecule has 33 heavy (non-hydrogen) atoms. The van der Waals surface area contributed by atoms with Gasteiger partial charge in [-0.25, -0.2) is 8.42 Å². The number of unbranched alkanes of at least 4 members (excludes halogenated alkanes) is 1. The fraction of sp³-hybridized carbons (Fsp3) is 0.391. The molecule has 7 nitrogen and oxygen atoms in total. The minimum atomic E-state index is -3.79. The number of benzene rings is 2. The summed E-state index contributed by atoms with van der Waals surface area (Å²) in [6.45, 7) is 3.70. The Morgan fingerprint density at radius 3 is 2.27 bits per heavy atom. The van der Waals surface area contributed by atoms with Crippen molar-refractivity contribution >= 4 is 50.7 Å². The van der Waals surface area contributed by atoms with Crippen LogP contribution in [0.1, 0.15) is 32.3 Å². The van der Waals surface area contributed by atoms with Crippen LogP contribution in [0.4, 0.5) is 5.69 Å². The summed E-state index contributed by atoms with van der Waals surface area (Å²) in [5, 5.41) is 3.72. The highest BCUT2D eigenvalue weighted by molar-refractivity contribution is 7.92. The minimum absolute atomic E-state index is 0.0547. The van der Waals surface area contributed by atoms with E-state index < -0.39 is 28.5 Å². The van der Waals surface area contributed by atoms with Crippen molar-refractivity contribution in [3.63, 3.8) is 0 Å². The Hall–Kier alpha value is -2.29. The van der Waals surface area contributed by atoms with Crippen LogP contribution in [-0.2, 0) is 26.2 Å². The van der Waals surface area contributed by atoms with Crippen molar-refractivity contribution in [3.05, 3.63) is 64.1 Å². The lowest BCUT2D eigenvalue weighted by Crippen LogP contribution is -2.51. The average Bonchev–Trinajstić information content (AvgIpc) is 2.76. The summed E-state index contributed by atoms with van der Waals surface area (Å²) in [5.74, 6) is -0.852. The molecule has 1 atom stereocenters. The van der Waals surface area contributed by atoms with Crippen LogP contribution in [0, 0.1) is 0 Å². The molecule has 10 heteroatoms. The second-order valence-corrected chi connectivity index (χ2v) is 10.4. The molecule has 180 valence electrons. The van der Waals surface area contributed by atoms with Gasteiger partial charge in [0.15, 0.2) is 0 Å².